The van der Waals surface area contributed by atoms with Crippen molar-refractivity contribution in [2.75, 3.05) is 12.4 Å². The first kappa shape index (κ1) is 14.7. The second kappa shape index (κ2) is 5.63. The molecule has 0 saturated heterocycles. The number of pyridine rings is 1. The topological polar surface area (TPSA) is 77.2 Å². The molecule has 0 radical (unpaired) electrons. The minimum atomic E-state index is -0.205. The van der Waals surface area contributed by atoms with E-state index in [2.05, 4.69) is 15.5 Å². The van der Waals surface area contributed by atoms with E-state index >= 15 is 0 Å². The Hall–Kier alpha value is -2.89. The second-order valence-corrected chi connectivity index (χ2v) is 6.00. The van der Waals surface area contributed by atoms with Crippen molar-refractivity contribution >= 4 is 22.7 Å². The number of ether oxygens (including phenoxy) is 1. The molecule has 1 saturated carbocycles. The van der Waals surface area contributed by atoms with Gasteiger partial charge in [0.15, 0.2) is 0 Å². The number of methoxy groups -OCH3 is 1. The maximum Gasteiger partial charge on any atom is 0.259 e. The van der Waals surface area contributed by atoms with Gasteiger partial charge in [-0.25, -0.2) is 4.98 Å². The fraction of sp³-hybridized carbons (Fsp3) is 0.278. The van der Waals surface area contributed by atoms with E-state index in [9.17, 15) is 4.79 Å². The summed E-state index contributed by atoms with van der Waals surface area (Å²) >= 11 is 0. The van der Waals surface area contributed by atoms with Crippen LogP contribution in [-0.4, -0.2) is 23.2 Å². The zero-order chi connectivity index (χ0) is 16.7. The maximum atomic E-state index is 12.8. The third kappa shape index (κ3) is 2.60. The number of amides is 1. The minimum absolute atomic E-state index is 0.205. The average molecular weight is 323 g/mol. The van der Waals surface area contributed by atoms with Crippen LogP contribution in [0.15, 0.2) is 34.9 Å². The first-order valence-electron chi connectivity index (χ1n) is 7.88. The van der Waals surface area contributed by atoms with Gasteiger partial charge in [0.25, 0.3) is 11.6 Å². The molecule has 1 N–H and O–H groups in total. The summed E-state index contributed by atoms with van der Waals surface area (Å²) in [6, 6.07) is 9.12. The van der Waals surface area contributed by atoms with Crippen molar-refractivity contribution in [3.8, 4) is 5.75 Å². The molecule has 2 heterocycles. The molecule has 1 aliphatic carbocycles. The van der Waals surface area contributed by atoms with Crippen molar-refractivity contribution in [2.45, 2.75) is 25.7 Å². The highest BCUT2D eigenvalue weighted by Crippen LogP contribution is 2.40. The van der Waals surface area contributed by atoms with Crippen LogP contribution in [0.1, 0.15) is 40.5 Å². The summed E-state index contributed by atoms with van der Waals surface area (Å²) < 4.78 is 10.5. The molecule has 6 nitrogen and oxygen atoms in total. The highest BCUT2D eigenvalue weighted by Gasteiger charge is 2.28. The third-order valence-electron chi connectivity index (χ3n) is 4.20. The summed E-state index contributed by atoms with van der Waals surface area (Å²) in [4.78, 5) is 17.3. The molecule has 1 fully saturated rings. The van der Waals surface area contributed by atoms with Crippen LogP contribution in [0.2, 0.25) is 0 Å². The van der Waals surface area contributed by atoms with Crippen molar-refractivity contribution < 1.29 is 14.1 Å². The lowest BCUT2D eigenvalue weighted by Gasteiger charge is -2.09. The molecule has 4 rings (SSSR count). The number of fused-ring (bicyclic) bond motifs is 1. The molecule has 0 spiro atoms. The number of hydrogen-bond donors (Lipinski definition) is 1. The molecule has 0 aliphatic heterocycles. The smallest absolute Gasteiger partial charge is 0.259 e. The Kier molecular flexibility index (Phi) is 3.45. The number of rotatable bonds is 4. The van der Waals surface area contributed by atoms with Crippen LogP contribution >= 0.6 is 0 Å². The average Bonchev–Trinajstić information content (AvgIpc) is 3.38. The van der Waals surface area contributed by atoms with Crippen LogP contribution in [0.4, 0.5) is 5.69 Å². The van der Waals surface area contributed by atoms with Crippen molar-refractivity contribution in [2.24, 2.45) is 0 Å². The molecule has 0 atom stereocenters. The Balaban J connectivity index is 1.73. The van der Waals surface area contributed by atoms with E-state index in [0.29, 0.717) is 39.7 Å². The Morgan fingerprint density at radius 3 is 2.92 bits per heavy atom. The van der Waals surface area contributed by atoms with Gasteiger partial charge in [-0.1, -0.05) is 11.2 Å². The largest absolute Gasteiger partial charge is 0.497 e. The third-order valence-corrected chi connectivity index (χ3v) is 4.20. The number of hydrogen-bond acceptors (Lipinski definition) is 5. The monoisotopic (exact) mass is 323 g/mol. The van der Waals surface area contributed by atoms with E-state index < -0.39 is 0 Å². The zero-order valence-electron chi connectivity index (χ0n) is 13.5. The van der Waals surface area contributed by atoms with Crippen molar-refractivity contribution in [3.05, 3.63) is 47.3 Å². The van der Waals surface area contributed by atoms with E-state index in [0.717, 1.165) is 18.5 Å². The second-order valence-electron chi connectivity index (χ2n) is 6.00. The molecule has 1 amide bonds. The predicted octanol–water partition coefficient (Wildman–Crippen LogP) is 3.67. The van der Waals surface area contributed by atoms with Crippen molar-refractivity contribution in [1.82, 2.24) is 10.1 Å². The van der Waals surface area contributed by atoms with Gasteiger partial charge in [-0.2, -0.15) is 0 Å². The highest BCUT2D eigenvalue weighted by atomic mass is 16.5. The summed E-state index contributed by atoms with van der Waals surface area (Å²) in [5.74, 6) is 0.902. The summed E-state index contributed by atoms with van der Waals surface area (Å²) in [6.07, 6.45) is 2.20. The van der Waals surface area contributed by atoms with Gasteiger partial charge in [-0.3, -0.25) is 4.79 Å². The molecule has 2 aromatic heterocycles. The molecular weight excluding hydrogens is 306 g/mol. The van der Waals surface area contributed by atoms with Gasteiger partial charge in [0.2, 0.25) is 0 Å². The molecular formula is C18H17N3O3. The van der Waals surface area contributed by atoms with Crippen LogP contribution in [0.3, 0.4) is 0 Å². The Morgan fingerprint density at radius 1 is 1.33 bits per heavy atom. The quantitative estimate of drug-likeness (QED) is 0.792. The Labute approximate surface area is 138 Å². The van der Waals surface area contributed by atoms with Crippen LogP contribution in [0, 0.1) is 6.92 Å². The first-order valence-corrected chi connectivity index (χ1v) is 7.88. The minimum Gasteiger partial charge on any atom is -0.497 e. The fourth-order valence-electron chi connectivity index (χ4n) is 2.78. The molecule has 0 unspecified atom stereocenters. The zero-order valence-corrected chi connectivity index (χ0v) is 13.5. The van der Waals surface area contributed by atoms with Gasteiger partial charge in [-0.15, -0.1) is 0 Å². The molecule has 3 aromatic rings. The van der Waals surface area contributed by atoms with Gasteiger partial charge in [0.1, 0.15) is 5.75 Å². The lowest BCUT2D eigenvalue weighted by atomic mass is 10.1. The van der Waals surface area contributed by atoms with Crippen molar-refractivity contribution in [1.29, 1.82) is 0 Å². The summed E-state index contributed by atoms with van der Waals surface area (Å²) in [5, 5.41) is 7.54. The molecule has 1 aromatic carbocycles. The molecule has 1 aliphatic rings. The first-order chi connectivity index (χ1) is 11.7. The van der Waals surface area contributed by atoms with Gasteiger partial charge < -0.3 is 14.6 Å². The number of aryl methyl sites for hydroxylation is 1. The number of aromatic nitrogens is 2. The number of anilines is 1. The SMILES string of the molecule is COc1cccc(NC(=O)c2cc(C3CC3)nc3onc(C)c23)c1. The van der Waals surface area contributed by atoms with Gasteiger partial charge in [0.05, 0.1) is 23.8 Å². The number of carbonyl (C=O) groups excluding carboxylic acids is 1. The van der Waals surface area contributed by atoms with E-state index in [-0.39, 0.29) is 5.91 Å². The number of nitrogens with zero attached hydrogens (tertiary/aromatic N) is 2. The summed E-state index contributed by atoms with van der Waals surface area (Å²) in [5.41, 5.74) is 3.20. The summed E-state index contributed by atoms with van der Waals surface area (Å²) in [6.45, 7) is 1.81. The van der Waals surface area contributed by atoms with Gasteiger partial charge in [-0.05, 0) is 38.0 Å². The van der Waals surface area contributed by atoms with Gasteiger partial charge in [0, 0.05) is 23.4 Å². The van der Waals surface area contributed by atoms with Crippen LogP contribution in [0.5, 0.6) is 5.75 Å². The number of nitrogens with one attached hydrogen (secondary N) is 1. The van der Waals surface area contributed by atoms with Gasteiger partial charge >= 0.3 is 0 Å². The molecule has 122 valence electrons. The van der Waals surface area contributed by atoms with Crippen molar-refractivity contribution in [3.63, 3.8) is 0 Å². The highest BCUT2D eigenvalue weighted by molar-refractivity contribution is 6.12. The van der Waals surface area contributed by atoms with E-state index in [1.54, 1.807) is 13.2 Å². The predicted molar refractivity (Wildman–Crippen MR) is 89.5 cm³/mol. The Morgan fingerprint density at radius 2 is 2.17 bits per heavy atom. The molecule has 6 heteroatoms. The maximum absolute atomic E-state index is 12.8. The van der Waals surface area contributed by atoms with Crippen LogP contribution in [0.25, 0.3) is 11.1 Å². The summed E-state index contributed by atoms with van der Waals surface area (Å²) in [7, 11) is 1.59. The normalized spacial score (nSPS) is 13.9. The van der Waals surface area contributed by atoms with E-state index in [1.807, 2.05) is 31.2 Å². The lowest BCUT2D eigenvalue weighted by molar-refractivity contribution is 0.102. The Bertz CT molecular complexity index is 928. The van der Waals surface area contributed by atoms with Crippen LogP contribution < -0.4 is 10.1 Å². The van der Waals surface area contributed by atoms with Crippen LogP contribution in [-0.2, 0) is 0 Å². The molecule has 24 heavy (non-hydrogen) atoms. The number of benzene rings is 1. The lowest BCUT2D eigenvalue weighted by Crippen LogP contribution is -2.13. The number of carbonyl (C=O) groups is 1. The van der Waals surface area contributed by atoms with E-state index in [4.69, 9.17) is 9.26 Å². The molecule has 0 bridgehead atoms. The van der Waals surface area contributed by atoms with E-state index in [1.165, 1.54) is 0 Å². The fourth-order valence-corrected chi connectivity index (χ4v) is 2.78. The standard InChI is InChI=1S/C18H17N3O3/c1-10-16-14(9-15(11-6-7-11)20-18(16)24-21-10)17(22)19-12-4-3-5-13(8-12)23-2/h3-5,8-9,11H,6-7H2,1-2H3,(H,19,22).